The fourth-order valence-electron chi connectivity index (χ4n) is 2.40. The fourth-order valence-corrected chi connectivity index (χ4v) is 2.40. The van der Waals surface area contributed by atoms with E-state index in [4.69, 9.17) is 5.73 Å². The summed E-state index contributed by atoms with van der Waals surface area (Å²) in [6.07, 6.45) is 3.30. The van der Waals surface area contributed by atoms with Crippen LogP contribution in [0.15, 0.2) is 18.2 Å². The van der Waals surface area contributed by atoms with Crippen molar-refractivity contribution in [3.05, 3.63) is 23.8 Å². The lowest BCUT2D eigenvalue weighted by Gasteiger charge is -2.37. The Bertz CT molecular complexity index is 536. The van der Waals surface area contributed by atoms with Crippen LogP contribution in [0.25, 0.3) is 0 Å². The number of benzene rings is 1. The van der Waals surface area contributed by atoms with Gasteiger partial charge in [0.2, 0.25) is 11.8 Å². The van der Waals surface area contributed by atoms with E-state index in [1.54, 1.807) is 12.1 Å². The first-order valence-corrected chi connectivity index (χ1v) is 6.85. The molecule has 5 heteroatoms. The van der Waals surface area contributed by atoms with Crippen molar-refractivity contribution in [1.29, 1.82) is 0 Å². The third-order valence-electron chi connectivity index (χ3n) is 3.68. The molecule has 1 aliphatic carbocycles. The molecule has 0 heterocycles. The quantitative estimate of drug-likeness (QED) is 0.787. The van der Waals surface area contributed by atoms with Gasteiger partial charge in [0, 0.05) is 30.3 Å². The van der Waals surface area contributed by atoms with E-state index < -0.39 is 0 Å². The molecule has 0 unspecified atom stereocenters. The smallest absolute Gasteiger partial charge is 0.226 e. The van der Waals surface area contributed by atoms with Crippen LogP contribution in [0, 0.1) is 6.92 Å². The Labute approximate surface area is 118 Å². The van der Waals surface area contributed by atoms with Gasteiger partial charge >= 0.3 is 0 Å². The van der Waals surface area contributed by atoms with Gasteiger partial charge < -0.3 is 16.4 Å². The van der Waals surface area contributed by atoms with Gasteiger partial charge in [-0.05, 0) is 49.9 Å². The standard InChI is InChI=1S/C15H21N3O2/c1-10-8-12(4-5-13(10)17-11(2)19)18-14(20)9-15(16)6-3-7-15/h4-5,8H,3,6-7,9,16H2,1-2H3,(H,17,19)(H,18,20). The minimum atomic E-state index is -0.310. The molecule has 2 amide bonds. The molecule has 1 aromatic rings. The van der Waals surface area contributed by atoms with Crippen LogP contribution in [0.5, 0.6) is 0 Å². The number of hydrogen-bond acceptors (Lipinski definition) is 3. The van der Waals surface area contributed by atoms with Gasteiger partial charge in [-0.25, -0.2) is 0 Å². The van der Waals surface area contributed by atoms with E-state index in [1.807, 2.05) is 13.0 Å². The monoisotopic (exact) mass is 275 g/mol. The predicted molar refractivity (Wildman–Crippen MR) is 79.5 cm³/mol. The van der Waals surface area contributed by atoms with Crippen LogP contribution >= 0.6 is 0 Å². The highest BCUT2D eigenvalue weighted by Gasteiger charge is 2.34. The van der Waals surface area contributed by atoms with E-state index >= 15 is 0 Å². The average Bonchev–Trinajstić information content (AvgIpc) is 2.30. The summed E-state index contributed by atoms with van der Waals surface area (Å²) in [4.78, 5) is 23.0. The van der Waals surface area contributed by atoms with Crippen LogP contribution in [0.3, 0.4) is 0 Å². The maximum absolute atomic E-state index is 11.9. The molecule has 1 aliphatic rings. The maximum atomic E-state index is 11.9. The number of hydrogen-bond donors (Lipinski definition) is 3. The van der Waals surface area contributed by atoms with Crippen LogP contribution < -0.4 is 16.4 Å². The van der Waals surface area contributed by atoms with E-state index in [1.165, 1.54) is 6.92 Å². The van der Waals surface area contributed by atoms with Crippen LogP contribution in [-0.4, -0.2) is 17.4 Å². The van der Waals surface area contributed by atoms with Gasteiger partial charge in [0.1, 0.15) is 0 Å². The molecule has 0 atom stereocenters. The topological polar surface area (TPSA) is 84.2 Å². The molecular weight excluding hydrogens is 254 g/mol. The van der Waals surface area contributed by atoms with Gasteiger partial charge in [0.25, 0.3) is 0 Å². The average molecular weight is 275 g/mol. The zero-order valence-corrected chi connectivity index (χ0v) is 12.0. The van der Waals surface area contributed by atoms with E-state index in [0.29, 0.717) is 6.42 Å². The Balaban J connectivity index is 1.97. The second kappa shape index (κ2) is 5.63. The largest absolute Gasteiger partial charge is 0.326 e. The molecule has 4 N–H and O–H groups in total. The molecule has 0 radical (unpaired) electrons. The fraction of sp³-hybridized carbons (Fsp3) is 0.467. The molecule has 0 aromatic heterocycles. The number of aryl methyl sites for hydroxylation is 1. The first-order valence-electron chi connectivity index (χ1n) is 6.85. The van der Waals surface area contributed by atoms with Crippen LogP contribution in [0.1, 0.15) is 38.2 Å². The lowest BCUT2D eigenvalue weighted by atomic mass is 9.75. The van der Waals surface area contributed by atoms with Crippen molar-refractivity contribution in [2.24, 2.45) is 5.73 Å². The minimum absolute atomic E-state index is 0.0566. The zero-order valence-electron chi connectivity index (χ0n) is 12.0. The number of carbonyl (C=O) groups is 2. The van der Waals surface area contributed by atoms with Gasteiger partial charge in [0.05, 0.1) is 0 Å². The van der Waals surface area contributed by atoms with Crippen LogP contribution in [0.4, 0.5) is 11.4 Å². The van der Waals surface area contributed by atoms with Crippen molar-refractivity contribution in [3.63, 3.8) is 0 Å². The highest BCUT2D eigenvalue weighted by Crippen LogP contribution is 2.32. The third-order valence-corrected chi connectivity index (χ3v) is 3.68. The highest BCUT2D eigenvalue weighted by molar-refractivity contribution is 5.93. The SMILES string of the molecule is CC(=O)Nc1ccc(NC(=O)CC2(N)CCC2)cc1C. The summed E-state index contributed by atoms with van der Waals surface area (Å²) in [5, 5.41) is 5.59. The van der Waals surface area contributed by atoms with Crippen LogP contribution in [-0.2, 0) is 9.59 Å². The van der Waals surface area contributed by atoms with E-state index in [9.17, 15) is 9.59 Å². The number of rotatable bonds is 4. The van der Waals surface area contributed by atoms with Crippen LogP contribution in [0.2, 0.25) is 0 Å². The molecule has 108 valence electrons. The number of carbonyl (C=O) groups excluding carboxylic acids is 2. The first kappa shape index (κ1) is 14.5. The second-order valence-corrected chi connectivity index (χ2v) is 5.65. The molecule has 1 saturated carbocycles. The van der Waals surface area contributed by atoms with Crippen molar-refractivity contribution < 1.29 is 9.59 Å². The number of anilines is 2. The Kier molecular flexibility index (Phi) is 4.09. The lowest BCUT2D eigenvalue weighted by Crippen LogP contribution is -2.48. The predicted octanol–water partition coefficient (Wildman–Crippen LogP) is 2.16. The normalized spacial score (nSPS) is 16.1. The zero-order chi connectivity index (χ0) is 14.8. The van der Waals surface area contributed by atoms with Gasteiger partial charge in [0.15, 0.2) is 0 Å². The summed E-state index contributed by atoms with van der Waals surface area (Å²) < 4.78 is 0. The van der Waals surface area contributed by atoms with Gasteiger partial charge in [-0.2, -0.15) is 0 Å². The molecule has 5 nitrogen and oxygen atoms in total. The molecule has 20 heavy (non-hydrogen) atoms. The molecule has 2 rings (SSSR count). The van der Waals surface area contributed by atoms with Crippen molar-refractivity contribution in [2.75, 3.05) is 10.6 Å². The summed E-state index contributed by atoms with van der Waals surface area (Å²) >= 11 is 0. The molecule has 0 aliphatic heterocycles. The van der Waals surface area contributed by atoms with E-state index in [2.05, 4.69) is 10.6 Å². The van der Waals surface area contributed by atoms with Crippen molar-refractivity contribution >= 4 is 23.2 Å². The van der Waals surface area contributed by atoms with Gasteiger partial charge in [-0.1, -0.05) is 0 Å². The summed E-state index contributed by atoms with van der Waals surface area (Å²) in [6, 6.07) is 5.40. The van der Waals surface area contributed by atoms with Gasteiger partial charge in [-0.15, -0.1) is 0 Å². The number of amides is 2. The maximum Gasteiger partial charge on any atom is 0.226 e. The van der Waals surface area contributed by atoms with Gasteiger partial charge in [-0.3, -0.25) is 9.59 Å². The summed E-state index contributed by atoms with van der Waals surface area (Å²) in [5.74, 6) is -0.168. The van der Waals surface area contributed by atoms with E-state index in [-0.39, 0.29) is 17.4 Å². The summed E-state index contributed by atoms with van der Waals surface area (Å²) in [5.41, 5.74) is 8.14. The Hall–Kier alpha value is -1.88. The third kappa shape index (κ3) is 3.57. The summed E-state index contributed by atoms with van der Waals surface area (Å²) in [7, 11) is 0. The molecule has 1 fully saturated rings. The Morgan fingerprint density at radius 2 is 2.00 bits per heavy atom. The molecule has 0 bridgehead atoms. The number of nitrogens with one attached hydrogen (secondary N) is 2. The van der Waals surface area contributed by atoms with Crippen molar-refractivity contribution in [3.8, 4) is 0 Å². The van der Waals surface area contributed by atoms with Crippen molar-refractivity contribution in [1.82, 2.24) is 0 Å². The second-order valence-electron chi connectivity index (χ2n) is 5.65. The first-order chi connectivity index (χ1) is 9.38. The molecule has 1 aromatic carbocycles. The molecule has 0 saturated heterocycles. The minimum Gasteiger partial charge on any atom is -0.326 e. The highest BCUT2D eigenvalue weighted by atomic mass is 16.2. The Morgan fingerprint density at radius 3 is 2.50 bits per heavy atom. The van der Waals surface area contributed by atoms with E-state index in [0.717, 1.165) is 36.2 Å². The molecule has 0 spiro atoms. The lowest BCUT2D eigenvalue weighted by molar-refractivity contribution is -0.118. The summed E-state index contributed by atoms with van der Waals surface area (Å²) in [6.45, 7) is 3.35. The Morgan fingerprint density at radius 1 is 1.30 bits per heavy atom. The number of nitrogens with two attached hydrogens (primary N) is 1. The molecular formula is C15H21N3O2. The van der Waals surface area contributed by atoms with Crippen molar-refractivity contribution in [2.45, 2.75) is 45.1 Å².